The SMILES string of the molecule is Cc1nc(CC(C)C(=O)O)nc2c1COC2. The second-order valence-electron chi connectivity index (χ2n) is 4.09. The van der Waals surface area contributed by atoms with Crippen molar-refractivity contribution in [3.63, 3.8) is 0 Å². The van der Waals surface area contributed by atoms with Gasteiger partial charge in [0.25, 0.3) is 0 Å². The van der Waals surface area contributed by atoms with E-state index < -0.39 is 11.9 Å². The van der Waals surface area contributed by atoms with Gasteiger partial charge in [-0.05, 0) is 6.92 Å². The molecule has 0 spiro atoms. The summed E-state index contributed by atoms with van der Waals surface area (Å²) in [7, 11) is 0. The van der Waals surface area contributed by atoms with E-state index in [0.717, 1.165) is 17.0 Å². The fourth-order valence-corrected chi connectivity index (χ4v) is 1.73. The maximum atomic E-state index is 10.7. The zero-order chi connectivity index (χ0) is 11.7. The van der Waals surface area contributed by atoms with Gasteiger partial charge < -0.3 is 9.84 Å². The summed E-state index contributed by atoms with van der Waals surface area (Å²) in [6.07, 6.45) is 0.365. The van der Waals surface area contributed by atoms with Crippen molar-refractivity contribution in [2.75, 3.05) is 0 Å². The zero-order valence-electron chi connectivity index (χ0n) is 9.36. The first kappa shape index (κ1) is 11.0. The van der Waals surface area contributed by atoms with Crippen LogP contribution in [-0.4, -0.2) is 21.0 Å². The number of nitrogens with zero attached hydrogens (tertiary/aromatic N) is 2. The smallest absolute Gasteiger partial charge is 0.306 e. The first-order valence-corrected chi connectivity index (χ1v) is 5.23. The lowest BCUT2D eigenvalue weighted by atomic mass is 10.1. The molecule has 2 heterocycles. The summed E-state index contributed by atoms with van der Waals surface area (Å²) in [6, 6.07) is 0. The molecule has 0 amide bonds. The molecule has 0 aliphatic carbocycles. The lowest BCUT2D eigenvalue weighted by molar-refractivity contribution is -0.141. The van der Waals surface area contributed by atoms with Gasteiger partial charge in [-0.3, -0.25) is 4.79 Å². The first-order chi connectivity index (χ1) is 7.58. The highest BCUT2D eigenvalue weighted by molar-refractivity contribution is 5.69. The minimum absolute atomic E-state index is 0.365. The van der Waals surface area contributed by atoms with Crippen LogP contribution < -0.4 is 0 Å². The van der Waals surface area contributed by atoms with Gasteiger partial charge in [0.1, 0.15) is 5.82 Å². The number of hydrogen-bond donors (Lipinski definition) is 1. The van der Waals surface area contributed by atoms with Gasteiger partial charge in [0, 0.05) is 17.7 Å². The highest BCUT2D eigenvalue weighted by Crippen LogP contribution is 2.20. The van der Waals surface area contributed by atoms with E-state index in [-0.39, 0.29) is 0 Å². The molecule has 0 radical (unpaired) electrons. The fraction of sp³-hybridized carbons (Fsp3) is 0.545. The number of fused-ring (bicyclic) bond motifs is 1. The molecular weight excluding hydrogens is 208 g/mol. The van der Waals surface area contributed by atoms with Gasteiger partial charge in [-0.15, -0.1) is 0 Å². The third-order valence-electron chi connectivity index (χ3n) is 2.74. The van der Waals surface area contributed by atoms with Crippen LogP contribution in [-0.2, 0) is 29.2 Å². The quantitative estimate of drug-likeness (QED) is 0.828. The molecule has 5 nitrogen and oxygen atoms in total. The normalized spacial score (nSPS) is 15.9. The van der Waals surface area contributed by atoms with Crippen molar-refractivity contribution in [3.05, 3.63) is 22.8 Å². The van der Waals surface area contributed by atoms with Crippen LogP contribution in [0.5, 0.6) is 0 Å². The topological polar surface area (TPSA) is 72.3 Å². The van der Waals surface area contributed by atoms with E-state index >= 15 is 0 Å². The Morgan fingerprint density at radius 1 is 1.50 bits per heavy atom. The molecule has 1 aromatic heterocycles. The van der Waals surface area contributed by atoms with Crippen LogP contribution in [0.1, 0.15) is 29.7 Å². The Morgan fingerprint density at radius 3 is 2.94 bits per heavy atom. The Hall–Kier alpha value is -1.49. The Bertz CT molecular complexity index is 431. The second kappa shape index (κ2) is 4.17. The molecule has 0 saturated carbocycles. The summed E-state index contributed by atoms with van der Waals surface area (Å²) >= 11 is 0. The lowest BCUT2D eigenvalue weighted by Gasteiger charge is -2.08. The van der Waals surface area contributed by atoms with Gasteiger partial charge in [0.2, 0.25) is 0 Å². The van der Waals surface area contributed by atoms with E-state index in [2.05, 4.69) is 9.97 Å². The van der Waals surface area contributed by atoms with Crippen LogP contribution in [0.2, 0.25) is 0 Å². The summed E-state index contributed by atoms with van der Waals surface area (Å²) in [5.41, 5.74) is 2.85. The van der Waals surface area contributed by atoms with Crippen molar-refractivity contribution >= 4 is 5.97 Å². The Balaban J connectivity index is 2.23. The Labute approximate surface area is 93.5 Å². The van der Waals surface area contributed by atoms with Gasteiger partial charge in [-0.2, -0.15) is 0 Å². The number of carboxylic acids is 1. The van der Waals surface area contributed by atoms with Crippen molar-refractivity contribution in [2.45, 2.75) is 33.5 Å². The van der Waals surface area contributed by atoms with Crippen molar-refractivity contribution in [2.24, 2.45) is 5.92 Å². The van der Waals surface area contributed by atoms with Gasteiger partial charge in [-0.25, -0.2) is 9.97 Å². The number of rotatable bonds is 3. The summed E-state index contributed by atoms with van der Waals surface area (Å²) in [5.74, 6) is -0.686. The summed E-state index contributed by atoms with van der Waals surface area (Å²) in [5, 5.41) is 8.83. The molecular formula is C11H14N2O3. The van der Waals surface area contributed by atoms with E-state index in [9.17, 15) is 4.79 Å². The summed E-state index contributed by atoms with van der Waals surface area (Å²) in [4.78, 5) is 19.4. The number of aliphatic carboxylic acids is 1. The number of hydrogen-bond acceptors (Lipinski definition) is 4. The molecule has 1 aromatic rings. The molecule has 1 atom stereocenters. The van der Waals surface area contributed by atoms with Crippen molar-refractivity contribution in [3.8, 4) is 0 Å². The maximum absolute atomic E-state index is 10.7. The third-order valence-corrected chi connectivity index (χ3v) is 2.74. The van der Waals surface area contributed by atoms with Crippen molar-refractivity contribution in [1.29, 1.82) is 0 Å². The van der Waals surface area contributed by atoms with Crippen LogP contribution in [0, 0.1) is 12.8 Å². The van der Waals surface area contributed by atoms with Crippen LogP contribution in [0.15, 0.2) is 0 Å². The van der Waals surface area contributed by atoms with Crippen molar-refractivity contribution in [1.82, 2.24) is 9.97 Å². The highest BCUT2D eigenvalue weighted by atomic mass is 16.5. The molecule has 2 rings (SSSR count). The largest absolute Gasteiger partial charge is 0.481 e. The number of aryl methyl sites for hydroxylation is 1. The number of carbonyl (C=O) groups is 1. The second-order valence-corrected chi connectivity index (χ2v) is 4.09. The molecule has 1 aliphatic heterocycles. The monoisotopic (exact) mass is 222 g/mol. The molecule has 16 heavy (non-hydrogen) atoms. The van der Waals surface area contributed by atoms with E-state index in [1.54, 1.807) is 6.92 Å². The van der Waals surface area contributed by atoms with Crippen LogP contribution >= 0.6 is 0 Å². The molecule has 1 unspecified atom stereocenters. The van der Waals surface area contributed by atoms with Crippen LogP contribution in [0.4, 0.5) is 0 Å². The average Bonchev–Trinajstić information content (AvgIpc) is 2.65. The molecule has 1 N–H and O–H groups in total. The Kier molecular flexibility index (Phi) is 2.87. The summed E-state index contributed by atoms with van der Waals surface area (Å²) in [6.45, 7) is 4.64. The van der Waals surface area contributed by atoms with Crippen LogP contribution in [0.25, 0.3) is 0 Å². The molecule has 0 fully saturated rings. The van der Waals surface area contributed by atoms with E-state index in [1.165, 1.54) is 0 Å². The minimum atomic E-state index is -0.821. The molecule has 5 heteroatoms. The van der Waals surface area contributed by atoms with E-state index in [1.807, 2.05) is 6.92 Å². The molecule has 0 aromatic carbocycles. The van der Waals surface area contributed by atoms with Gasteiger partial charge in [-0.1, -0.05) is 6.92 Å². The van der Waals surface area contributed by atoms with E-state index in [0.29, 0.717) is 25.5 Å². The minimum Gasteiger partial charge on any atom is -0.481 e. The fourth-order valence-electron chi connectivity index (χ4n) is 1.73. The average molecular weight is 222 g/mol. The predicted octanol–water partition coefficient (Wildman–Crippen LogP) is 1.08. The van der Waals surface area contributed by atoms with Crippen LogP contribution in [0.3, 0.4) is 0 Å². The summed E-state index contributed by atoms with van der Waals surface area (Å²) < 4.78 is 5.28. The number of aromatic nitrogens is 2. The molecule has 0 saturated heterocycles. The highest BCUT2D eigenvalue weighted by Gasteiger charge is 2.20. The van der Waals surface area contributed by atoms with Crippen molar-refractivity contribution < 1.29 is 14.6 Å². The number of carboxylic acid groups (broad SMARTS) is 1. The number of ether oxygens (including phenoxy) is 1. The standard InChI is InChI=1S/C11H14N2O3/c1-6(11(14)15)3-10-12-7(2)8-4-16-5-9(8)13-10/h6H,3-5H2,1-2H3,(H,14,15). The maximum Gasteiger partial charge on any atom is 0.306 e. The van der Waals surface area contributed by atoms with Gasteiger partial charge >= 0.3 is 5.97 Å². The molecule has 86 valence electrons. The van der Waals surface area contributed by atoms with E-state index in [4.69, 9.17) is 9.84 Å². The zero-order valence-corrected chi connectivity index (χ0v) is 9.36. The predicted molar refractivity (Wildman–Crippen MR) is 55.8 cm³/mol. The lowest BCUT2D eigenvalue weighted by Crippen LogP contribution is -2.15. The molecule has 0 bridgehead atoms. The van der Waals surface area contributed by atoms with Gasteiger partial charge in [0.05, 0.1) is 24.8 Å². The first-order valence-electron chi connectivity index (χ1n) is 5.23. The van der Waals surface area contributed by atoms with Gasteiger partial charge in [0.15, 0.2) is 0 Å². The third kappa shape index (κ3) is 2.04. The molecule has 1 aliphatic rings. The Morgan fingerprint density at radius 2 is 2.25 bits per heavy atom.